The molecule has 8 heteroatoms. The maximum atomic E-state index is 12.9. The Kier molecular flexibility index (Phi) is 5.46. The number of carbonyl (C=O) groups is 2. The Morgan fingerprint density at radius 3 is 2.35 bits per heavy atom. The van der Waals surface area contributed by atoms with Gasteiger partial charge in [0.25, 0.3) is 0 Å². The Morgan fingerprint density at radius 2 is 1.69 bits per heavy atom. The van der Waals surface area contributed by atoms with E-state index >= 15 is 0 Å². The molecule has 142 valence electrons. The van der Waals surface area contributed by atoms with Gasteiger partial charge in [0.15, 0.2) is 0 Å². The lowest BCUT2D eigenvalue weighted by Gasteiger charge is -2.22. The second-order valence-corrected chi connectivity index (χ2v) is 7.38. The van der Waals surface area contributed by atoms with Crippen LogP contribution in [0.3, 0.4) is 0 Å². The topological polar surface area (TPSA) is 58.2 Å². The van der Waals surface area contributed by atoms with Gasteiger partial charge < -0.3 is 10.6 Å². The van der Waals surface area contributed by atoms with Crippen LogP contribution in [0.2, 0.25) is 5.02 Å². The number of rotatable bonds is 4. The Bertz CT molecular complexity index is 702. The highest BCUT2D eigenvalue weighted by atomic mass is 35.5. The number of alkyl halides is 3. The van der Waals surface area contributed by atoms with Crippen molar-refractivity contribution in [1.82, 2.24) is 5.32 Å². The molecule has 2 N–H and O–H groups in total. The summed E-state index contributed by atoms with van der Waals surface area (Å²) in [6.07, 6.45) is 1.11. The SMILES string of the molecule is O=C(Nc1ccc(Cl)c(C(F)(F)F)c1)C1CC1C(=O)NC1CCCCC1. The van der Waals surface area contributed by atoms with Gasteiger partial charge in [-0.25, -0.2) is 0 Å². The van der Waals surface area contributed by atoms with Crippen LogP contribution in [0.15, 0.2) is 18.2 Å². The van der Waals surface area contributed by atoms with Crippen molar-refractivity contribution in [3.05, 3.63) is 28.8 Å². The summed E-state index contributed by atoms with van der Waals surface area (Å²) in [6, 6.07) is 3.39. The number of benzene rings is 1. The molecule has 2 amide bonds. The quantitative estimate of drug-likeness (QED) is 0.804. The van der Waals surface area contributed by atoms with E-state index in [9.17, 15) is 22.8 Å². The van der Waals surface area contributed by atoms with Crippen molar-refractivity contribution < 1.29 is 22.8 Å². The molecule has 0 spiro atoms. The Balaban J connectivity index is 1.55. The molecule has 3 rings (SSSR count). The predicted octanol–water partition coefficient (Wildman–Crippen LogP) is 4.38. The van der Waals surface area contributed by atoms with E-state index in [4.69, 9.17) is 11.6 Å². The van der Waals surface area contributed by atoms with Gasteiger partial charge in [-0.1, -0.05) is 30.9 Å². The molecule has 4 nitrogen and oxygen atoms in total. The zero-order chi connectivity index (χ0) is 18.9. The molecule has 2 fully saturated rings. The van der Waals surface area contributed by atoms with Crippen LogP contribution in [0, 0.1) is 11.8 Å². The highest BCUT2D eigenvalue weighted by molar-refractivity contribution is 6.31. The minimum atomic E-state index is -4.60. The first kappa shape index (κ1) is 19.0. The summed E-state index contributed by atoms with van der Waals surface area (Å²) >= 11 is 5.56. The van der Waals surface area contributed by atoms with Gasteiger partial charge in [0.05, 0.1) is 22.4 Å². The normalized spacial score (nSPS) is 23.4. The predicted molar refractivity (Wildman–Crippen MR) is 91.7 cm³/mol. The molecule has 0 heterocycles. The van der Waals surface area contributed by atoms with Crippen LogP contribution in [-0.4, -0.2) is 17.9 Å². The van der Waals surface area contributed by atoms with Crippen molar-refractivity contribution in [2.75, 3.05) is 5.32 Å². The van der Waals surface area contributed by atoms with Crippen LogP contribution in [-0.2, 0) is 15.8 Å². The van der Waals surface area contributed by atoms with Crippen molar-refractivity contribution >= 4 is 29.1 Å². The monoisotopic (exact) mass is 388 g/mol. The first-order valence-electron chi connectivity index (χ1n) is 8.73. The van der Waals surface area contributed by atoms with Gasteiger partial charge >= 0.3 is 6.18 Å². The van der Waals surface area contributed by atoms with E-state index in [0.29, 0.717) is 6.42 Å². The number of carbonyl (C=O) groups excluding carboxylic acids is 2. The van der Waals surface area contributed by atoms with Crippen LogP contribution < -0.4 is 10.6 Å². The third-order valence-corrected chi connectivity index (χ3v) is 5.28. The van der Waals surface area contributed by atoms with Crippen LogP contribution in [0.1, 0.15) is 44.1 Å². The maximum Gasteiger partial charge on any atom is 0.417 e. The molecular weight excluding hydrogens is 369 g/mol. The van der Waals surface area contributed by atoms with Crippen LogP contribution >= 0.6 is 11.6 Å². The lowest BCUT2D eigenvalue weighted by Crippen LogP contribution is -2.37. The van der Waals surface area contributed by atoms with Gasteiger partial charge in [-0.15, -0.1) is 0 Å². The van der Waals surface area contributed by atoms with Crippen LogP contribution in [0.25, 0.3) is 0 Å². The van der Waals surface area contributed by atoms with Gasteiger partial charge in [-0.2, -0.15) is 13.2 Å². The van der Waals surface area contributed by atoms with Crippen LogP contribution in [0.4, 0.5) is 18.9 Å². The number of halogens is 4. The van der Waals surface area contributed by atoms with E-state index in [0.717, 1.165) is 37.8 Å². The molecule has 2 unspecified atom stereocenters. The molecule has 2 atom stereocenters. The number of hydrogen-bond acceptors (Lipinski definition) is 2. The van der Waals surface area contributed by atoms with Gasteiger partial charge in [0, 0.05) is 11.7 Å². The Morgan fingerprint density at radius 1 is 1.04 bits per heavy atom. The van der Waals surface area contributed by atoms with Gasteiger partial charge in [0.2, 0.25) is 11.8 Å². The number of amides is 2. The summed E-state index contributed by atoms with van der Waals surface area (Å²) in [5.41, 5.74) is -0.982. The van der Waals surface area contributed by atoms with Crippen molar-refractivity contribution in [3.63, 3.8) is 0 Å². The Hall–Kier alpha value is -1.76. The van der Waals surface area contributed by atoms with Gasteiger partial charge in [0.1, 0.15) is 0 Å². The maximum absolute atomic E-state index is 12.9. The summed E-state index contributed by atoms with van der Waals surface area (Å²) in [4.78, 5) is 24.4. The largest absolute Gasteiger partial charge is 0.417 e. The molecule has 2 aliphatic rings. The van der Waals surface area contributed by atoms with E-state index in [1.807, 2.05) is 0 Å². The molecule has 1 aromatic rings. The number of hydrogen-bond donors (Lipinski definition) is 2. The summed E-state index contributed by atoms with van der Waals surface area (Å²) in [5.74, 6) is -1.47. The average Bonchev–Trinajstić information content (AvgIpc) is 3.37. The summed E-state index contributed by atoms with van der Waals surface area (Å²) in [7, 11) is 0. The molecule has 26 heavy (non-hydrogen) atoms. The third kappa shape index (κ3) is 4.50. The van der Waals surface area contributed by atoms with E-state index in [1.54, 1.807) is 0 Å². The summed E-state index contributed by atoms with van der Waals surface area (Å²) in [6.45, 7) is 0. The lowest BCUT2D eigenvalue weighted by molar-refractivity contribution is -0.137. The van der Waals surface area contributed by atoms with Crippen molar-refractivity contribution in [1.29, 1.82) is 0 Å². The molecule has 1 aromatic carbocycles. The molecular formula is C18H20ClF3N2O2. The van der Waals surface area contributed by atoms with E-state index in [2.05, 4.69) is 10.6 Å². The minimum absolute atomic E-state index is 0.0186. The fourth-order valence-corrected chi connectivity index (χ4v) is 3.61. The average molecular weight is 389 g/mol. The van der Waals surface area contributed by atoms with Gasteiger partial charge in [-0.3, -0.25) is 9.59 Å². The van der Waals surface area contributed by atoms with Crippen molar-refractivity contribution in [3.8, 4) is 0 Å². The standard InChI is InChI=1S/C18H20ClF3N2O2/c19-15-7-6-11(8-14(15)18(20,21)22)24-17(26)13-9-12(13)16(25)23-10-4-2-1-3-5-10/h6-8,10,12-13H,1-5,9H2,(H,23,25)(H,24,26). The van der Waals surface area contributed by atoms with Crippen LogP contribution in [0.5, 0.6) is 0 Å². The van der Waals surface area contributed by atoms with E-state index < -0.39 is 34.5 Å². The first-order chi connectivity index (χ1) is 12.3. The molecule has 2 saturated carbocycles. The van der Waals surface area contributed by atoms with E-state index in [1.165, 1.54) is 12.5 Å². The molecule has 0 bridgehead atoms. The summed E-state index contributed by atoms with van der Waals surface area (Å²) < 4.78 is 38.6. The molecule has 0 aromatic heterocycles. The van der Waals surface area contributed by atoms with Crippen molar-refractivity contribution in [2.45, 2.75) is 50.7 Å². The van der Waals surface area contributed by atoms with Crippen molar-refractivity contribution in [2.24, 2.45) is 11.8 Å². The summed E-state index contributed by atoms with van der Waals surface area (Å²) in [5, 5.41) is 5.01. The third-order valence-electron chi connectivity index (χ3n) is 4.95. The molecule has 0 aliphatic heterocycles. The number of anilines is 1. The Labute approximate surface area is 154 Å². The molecule has 0 radical (unpaired) electrons. The highest BCUT2D eigenvalue weighted by Gasteiger charge is 2.48. The fourth-order valence-electron chi connectivity index (χ4n) is 3.38. The number of nitrogens with one attached hydrogen (secondary N) is 2. The highest BCUT2D eigenvalue weighted by Crippen LogP contribution is 2.41. The lowest BCUT2D eigenvalue weighted by atomic mass is 9.95. The molecule has 0 saturated heterocycles. The second kappa shape index (κ2) is 7.47. The zero-order valence-electron chi connectivity index (χ0n) is 14.0. The minimum Gasteiger partial charge on any atom is -0.353 e. The van der Waals surface area contributed by atoms with Gasteiger partial charge in [-0.05, 0) is 37.5 Å². The smallest absolute Gasteiger partial charge is 0.353 e. The zero-order valence-corrected chi connectivity index (χ0v) is 14.8. The first-order valence-corrected chi connectivity index (χ1v) is 9.11. The second-order valence-electron chi connectivity index (χ2n) is 6.97. The fraction of sp³-hybridized carbons (Fsp3) is 0.556. The molecule has 2 aliphatic carbocycles. The van der Waals surface area contributed by atoms with E-state index in [-0.39, 0.29) is 17.6 Å².